The highest BCUT2D eigenvalue weighted by molar-refractivity contribution is 6.04. The Kier molecular flexibility index (Phi) is 2.29. The predicted molar refractivity (Wildman–Crippen MR) is 42.9 cm³/mol. The molecule has 1 rings (SSSR count). The fourth-order valence-electron chi connectivity index (χ4n) is 1.03. The molecule has 0 aromatic heterocycles. The Morgan fingerprint density at radius 3 is 2.15 bits per heavy atom. The second kappa shape index (κ2) is 3.24. The van der Waals surface area contributed by atoms with Crippen molar-refractivity contribution in [3.63, 3.8) is 0 Å². The highest BCUT2D eigenvalue weighted by atomic mass is 16.4. The van der Waals surface area contributed by atoms with Crippen LogP contribution in [0.4, 0.5) is 5.69 Å². The van der Waals surface area contributed by atoms with E-state index in [1.165, 1.54) is 18.2 Å². The molecule has 5 N–H and O–H groups in total. The second-order valence-corrected chi connectivity index (χ2v) is 2.45. The van der Waals surface area contributed by atoms with E-state index >= 15 is 0 Å². The number of carboxylic acid groups (broad SMARTS) is 2. The van der Waals surface area contributed by atoms with Gasteiger partial charge in [0.15, 0.2) is 0 Å². The van der Waals surface area contributed by atoms with Gasteiger partial charge in [0.25, 0.3) is 0 Å². The summed E-state index contributed by atoms with van der Waals surface area (Å²) in [5.41, 5.74) is 3.15. The largest absolute Gasteiger partial charge is 0.478 e. The van der Waals surface area contributed by atoms with Crippen LogP contribution in [-0.2, 0) is 0 Å². The van der Waals surface area contributed by atoms with Gasteiger partial charge in [-0.25, -0.2) is 9.59 Å². The highest BCUT2D eigenvalue weighted by Gasteiger charge is 2.20. The van der Waals surface area contributed by atoms with Gasteiger partial charge in [0.05, 0.1) is 5.56 Å². The predicted octanol–water partition coefficient (Wildman–Crippen LogP) is -0.0436. The van der Waals surface area contributed by atoms with Gasteiger partial charge in [-0.15, -0.1) is 0 Å². The van der Waals surface area contributed by atoms with Crippen LogP contribution in [0.1, 0.15) is 20.7 Å². The molecule has 0 aliphatic carbocycles. The topological polar surface area (TPSA) is 102 Å². The molecular formula is C8H8NO4+. The van der Waals surface area contributed by atoms with Crippen LogP contribution in [0.15, 0.2) is 18.2 Å². The molecule has 0 saturated carbocycles. The Morgan fingerprint density at radius 1 is 1.15 bits per heavy atom. The average molecular weight is 182 g/mol. The fourth-order valence-corrected chi connectivity index (χ4v) is 1.03. The molecule has 0 unspecified atom stereocenters. The van der Waals surface area contributed by atoms with Crippen LogP contribution >= 0.6 is 0 Å². The van der Waals surface area contributed by atoms with Crippen LogP contribution in [0.2, 0.25) is 0 Å². The first-order valence-corrected chi connectivity index (χ1v) is 3.45. The maximum Gasteiger partial charge on any atom is 0.342 e. The summed E-state index contributed by atoms with van der Waals surface area (Å²) in [6, 6.07) is 4.15. The van der Waals surface area contributed by atoms with Crippen molar-refractivity contribution in [3.05, 3.63) is 29.3 Å². The van der Waals surface area contributed by atoms with E-state index in [0.717, 1.165) is 0 Å². The number of aromatic carboxylic acids is 2. The maximum atomic E-state index is 10.6. The highest BCUT2D eigenvalue weighted by Crippen LogP contribution is 2.15. The van der Waals surface area contributed by atoms with Crippen molar-refractivity contribution < 1.29 is 25.5 Å². The van der Waals surface area contributed by atoms with Gasteiger partial charge in [0.1, 0.15) is 11.3 Å². The molecule has 1 aromatic rings. The monoisotopic (exact) mass is 182 g/mol. The second-order valence-electron chi connectivity index (χ2n) is 2.45. The van der Waals surface area contributed by atoms with Crippen LogP contribution in [0.3, 0.4) is 0 Å². The molecule has 0 saturated heterocycles. The molecule has 1 aromatic carbocycles. The quantitative estimate of drug-likeness (QED) is 0.596. The summed E-state index contributed by atoms with van der Waals surface area (Å²) in [7, 11) is 0. The molecule has 68 valence electrons. The van der Waals surface area contributed by atoms with Gasteiger partial charge in [0.2, 0.25) is 0 Å². The summed E-state index contributed by atoms with van der Waals surface area (Å²) in [5, 5.41) is 17.3. The zero-order valence-corrected chi connectivity index (χ0v) is 6.65. The Labute approximate surface area is 73.4 Å². The summed E-state index contributed by atoms with van der Waals surface area (Å²) in [6.07, 6.45) is 0. The Bertz CT molecular complexity index is 372. The minimum atomic E-state index is -1.27. The number of hydrogen-bond donors (Lipinski definition) is 3. The third-order valence-corrected chi connectivity index (χ3v) is 1.60. The van der Waals surface area contributed by atoms with Crippen molar-refractivity contribution in [2.75, 3.05) is 0 Å². The molecule has 0 amide bonds. The van der Waals surface area contributed by atoms with E-state index in [4.69, 9.17) is 10.2 Å². The normalized spacial score (nSPS) is 9.62. The summed E-state index contributed by atoms with van der Waals surface area (Å²) in [4.78, 5) is 21.2. The van der Waals surface area contributed by atoms with Crippen molar-refractivity contribution >= 4 is 17.6 Å². The third kappa shape index (κ3) is 1.65. The maximum absolute atomic E-state index is 10.6. The lowest BCUT2D eigenvalue weighted by Gasteiger charge is -2.00. The van der Waals surface area contributed by atoms with Gasteiger partial charge in [-0.2, -0.15) is 0 Å². The third-order valence-electron chi connectivity index (χ3n) is 1.60. The molecule has 5 nitrogen and oxygen atoms in total. The smallest absolute Gasteiger partial charge is 0.342 e. The zero-order chi connectivity index (χ0) is 10.0. The molecule has 5 heteroatoms. The van der Waals surface area contributed by atoms with Gasteiger partial charge in [-0.3, -0.25) is 0 Å². The molecule has 0 radical (unpaired) electrons. The van der Waals surface area contributed by atoms with Crippen LogP contribution in [-0.4, -0.2) is 22.2 Å². The molecule has 0 aliphatic heterocycles. The fraction of sp³-hybridized carbons (Fsp3) is 0. The number of carbonyl (C=O) groups is 2. The zero-order valence-electron chi connectivity index (χ0n) is 6.65. The van der Waals surface area contributed by atoms with Gasteiger partial charge in [-0.1, -0.05) is 6.07 Å². The summed E-state index contributed by atoms with van der Waals surface area (Å²) in [6.45, 7) is 0. The van der Waals surface area contributed by atoms with E-state index in [0.29, 0.717) is 0 Å². The number of benzene rings is 1. The Morgan fingerprint density at radius 2 is 1.77 bits per heavy atom. The lowest BCUT2D eigenvalue weighted by molar-refractivity contribution is -0.255. The van der Waals surface area contributed by atoms with Crippen LogP contribution in [0, 0.1) is 0 Å². The number of rotatable bonds is 2. The molecule has 0 heterocycles. The van der Waals surface area contributed by atoms with Gasteiger partial charge >= 0.3 is 11.9 Å². The molecule has 0 fully saturated rings. The lowest BCUT2D eigenvalue weighted by Crippen LogP contribution is -2.42. The molecule has 13 heavy (non-hydrogen) atoms. The van der Waals surface area contributed by atoms with Gasteiger partial charge in [0, 0.05) is 0 Å². The van der Waals surface area contributed by atoms with Gasteiger partial charge in [-0.05, 0) is 12.1 Å². The first kappa shape index (κ1) is 9.21. The molecular weight excluding hydrogens is 174 g/mol. The SMILES string of the molecule is [NH3+]c1cccc(C(=O)O)c1C(=O)O. The Hall–Kier alpha value is -1.88. The number of hydrogen-bond acceptors (Lipinski definition) is 2. The van der Waals surface area contributed by atoms with Crippen LogP contribution < -0.4 is 5.73 Å². The standard InChI is InChI=1S/C8H7NO4/c9-5-3-1-2-4(7(10)11)6(5)8(12)13/h1-3H,9H2,(H,10,11)(H,12,13)/p+1. The van der Waals surface area contributed by atoms with E-state index < -0.39 is 11.9 Å². The van der Waals surface area contributed by atoms with Crippen LogP contribution in [0.5, 0.6) is 0 Å². The minimum absolute atomic E-state index is 0.201. The minimum Gasteiger partial charge on any atom is -0.478 e. The molecule has 0 spiro atoms. The van der Waals surface area contributed by atoms with Crippen molar-refractivity contribution in [2.24, 2.45) is 0 Å². The van der Waals surface area contributed by atoms with Crippen molar-refractivity contribution in [2.45, 2.75) is 0 Å². The van der Waals surface area contributed by atoms with E-state index in [9.17, 15) is 9.59 Å². The first-order valence-electron chi connectivity index (χ1n) is 3.45. The Balaban J connectivity index is 3.43. The van der Waals surface area contributed by atoms with E-state index in [1.807, 2.05) is 0 Å². The average Bonchev–Trinajstić information content (AvgIpc) is 2.02. The molecule has 0 atom stereocenters. The summed E-state index contributed by atoms with van der Waals surface area (Å²) < 4.78 is 0. The first-order chi connectivity index (χ1) is 6.04. The summed E-state index contributed by atoms with van der Waals surface area (Å²) in [5.74, 6) is -2.54. The van der Waals surface area contributed by atoms with E-state index in [2.05, 4.69) is 5.73 Å². The van der Waals surface area contributed by atoms with Crippen molar-refractivity contribution in [1.82, 2.24) is 0 Å². The van der Waals surface area contributed by atoms with Crippen LogP contribution in [0.25, 0.3) is 0 Å². The number of carboxylic acids is 2. The molecule has 0 aliphatic rings. The molecule has 0 bridgehead atoms. The van der Waals surface area contributed by atoms with E-state index in [1.54, 1.807) is 0 Å². The van der Waals surface area contributed by atoms with E-state index in [-0.39, 0.29) is 16.8 Å². The summed E-state index contributed by atoms with van der Waals surface area (Å²) >= 11 is 0. The lowest BCUT2D eigenvalue weighted by atomic mass is 10.1. The number of quaternary nitrogens is 1. The van der Waals surface area contributed by atoms with Crippen molar-refractivity contribution in [3.8, 4) is 0 Å². The van der Waals surface area contributed by atoms with Crippen molar-refractivity contribution in [1.29, 1.82) is 0 Å². The van der Waals surface area contributed by atoms with Gasteiger partial charge < -0.3 is 15.9 Å².